The molecule has 0 aromatic heterocycles. The smallest absolute Gasteiger partial charge is 0.124 e. The Kier molecular flexibility index (Phi) is 6.47. The van der Waals surface area contributed by atoms with Crippen LogP contribution in [0.5, 0.6) is 5.75 Å². The normalized spacial score (nSPS) is 11.3. The lowest BCUT2D eigenvalue weighted by Crippen LogP contribution is -2.33. The zero-order valence-corrected chi connectivity index (χ0v) is 12.4. The molecule has 0 amide bonds. The number of hydrogen-bond acceptors (Lipinski definition) is 3. The summed E-state index contributed by atoms with van der Waals surface area (Å²) in [5.74, 6) is 0.840. The second-order valence-electron chi connectivity index (χ2n) is 4.67. The molecule has 1 rings (SSSR count). The summed E-state index contributed by atoms with van der Waals surface area (Å²) in [7, 11) is 3.80. The molecule has 0 saturated carbocycles. The third kappa shape index (κ3) is 4.48. The average Bonchev–Trinajstić information content (AvgIpc) is 2.35. The van der Waals surface area contributed by atoms with Gasteiger partial charge in [0.05, 0.1) is 7.11 Å². The Bertz CT molecular complexity index is 369. The van der Waals surface area contributed by atoms with Gasteiger partial charge in [-0.05, 0) is 33.0 Å². The maximum Gasteiger partial charge on any atom is 0.124 e. The number of nitrogens with zero attached hydrogens (tertiary/aromatic N) is 1. The minimum atomic E-state index is 0.571. The van der Waals surface area contributed by atoms with Crippen molar-refractivity contribution in [3.63, 3.8) is 0 Å². The maximum atomic E-state index is 6.17. The molecule has 18 heavy (non-hydrogen) atoms. The molecule has 3 nitrogen and oxygen atoms in total. The van der Waals surface area contributed by atoms with Crippen LogP contribution in [0.25, 0.3) is 0 Å². The molecule has 0 unspecified atom stereocenters. The van der Waals surface area contributed by atoms with E-state index in [9.17, 15) is 0 Å². The van der Waals surface area contributed by atoms with Gasteiger partial charge in [-0.2, -0.15) is 0 Å². The van der Waals surface area contributed by atoms with Crippen molar-refractivity contribution in [1.29, 1.82) is 0 Å². The van der Waals surface area contributed by atoms with Crippen LogP contribution in [0, 0.1) is 0 Å². The molecule has 0 aliphatic heterocycles. The van der Waals surface area contributed by atoms with Crippen LogP contribution in [0.1, 0.15) is 19.4 Å². The van der Waals surface area contributed by atoms with Gasteiger partial charge in [0.2, 0.25) is 0 Å². The number of rotatable bonds is 7. The number of benzene rings is 1. The molecule has 0 aliphatic carbocycles. The van der Waals surface area contributed by atoms with Crippen molar-refractivity contribution in [1.82, 2.24) is 10.2 Å². The van der Waals surface area contributed by atoms with Gasteiger partial charge in [0.25, 0.3) is 0 Å². The van der Waals surface area contributed by atoms with E-state index in [1.54, 1.807) is 7.11 Å². The summed E-state index contributed by atoms with van der Waals surface area (Å²) in [6, 6.07) is 6.29. The number of likely N-dealkylation sites (N-methyl/N-ethyl adjacent to an activating group) is 1. The van der Waals surface area contributed by atoms with Crippen LogP contribution in [-0.4, -0.2) is 38.2 Å². The topological polar surface area (TPSA) is 24.5 Å². The molecular formula is C14H23ClN2O. The minimum absolute atomic E-state index is 0.571. The lowest BCUT2D eigenvalue weighted by atomic mass is 10.2. The molecule has 1 aromatic carbocycles. The minimum Gasteiger partial charge on any atom is -0.496 e. The molecule has 0 radical (unpaired) electrons. The van der Waals surface area contributed by atoms with Crippen LogP contribution in [0.3, 0.4) is 0 Å². The van der Waals surface area contributed by atoms with E-state index < -0.39 is 0 Å². The highest BCUT2D eigenvalue weighted by atomic mass is 35.5. The molecule has 0 atom stereocenters. The Labute approximate surface area is 115 Å². The summed E-state index contributed by atoms with van der Waals surface area (Å²) in [4.78, 5) is 2.30. The van der Waals surface area contributed by atoms with Crippen molar-refractivity contribution in [3.8, 4) is 5.75 Å². The Balaban J connectivity index is 2.44. The van der Waals surface area contributed by atoms with Gasteiger partial charge in [-0.3, -0.25) is 0 Å². The molecule has 0 aliphatic rings. The summed E-state index contributed by atoms with van der Waals surface area (Å²) >= 11 is 6.17. The molecule has 0 fully saturated rings. The summed E-state index contributed by atoms with van der Waals surface area (Å²) < 4.78 is 5.31. The van der Waals surface area contributed by atoms with Gasteiger partial charge in [-0.1, -0.05) is 17.7 Å². The highest BCUT2D eigenvalue weighted by molar-refractivity contribution is 6.31. The third-order valence-electron chi connectivity index (χ3n) is 3.12. The quantitative estimate of drug-likeness (QED) is 0.771. The monoisotopic (exact) mass is 270 g/mol. The largest absolute Gasteiger partial charge is 0.496 e. The van der Waals surface area contributed by atoms with E-state index in [4.69, 9.17) is 16.3 Å². The number of hydrogen-bond donors (Lipinski definition) is 1. The molecule has 102 valence electrons. The third-order valence-corrected chi connectivity index (χ3v) is 3.47. The number of methoxy groups -OCH3 is 1. The Morgan fingerprint density at radius 2 is 2.11 bits per heavy atom. The van der Waals surface area contributed by atoms with Crippen LogP contribution < -0.4 is 10.1 Å². The van der Waals surface area contributed by atoms with E-state index in [0.717, 1.165) is 36.0 Å². The Morgan fingerprint density at radius 3 is 2.72 bits per heavy atom. The van der Waals surface area contributed by atoms with Crippen LogP contribution in [0.2, 0.25) is 5.02 Å². The van der Waals surface area contributed by atoms with E-state index in [0.29, 0.717) is 6.04 Å². The predicted octanol–water partition coefficient (Wildman–Crippen LogP) is 2.78. The highest BCUT2D eigenvalue weighted by Gasteiger charge is 2.07. The van der Waals surface area contributed by atoms with E-state index in [-0.39, 0.29) is 0 Å². The van der Waals surface area contributed by atoms with Crippen LogP contribution in [-0.2, 0) is 6.54 Å². The first-order valence-electron chi connectivity index (χ1n) is 6.28. The fraction of sp³-hybridized carbons (Fsp3) is 0.571. The first-order chi connectivity index (χ1) is 8.56. The van der Waals surface area contributed by atoms with Crippen LogP contribution in [0.4, 0.5) is 0 Å². The predicted molar refractivity (Wildman–Crippen MR) is 77.5 cm³/mol. The van der Waals surface area contributed by atoms with Crippen molar-refractivity contribution >= 4 is 11.6 Å². The fourth-order valence-electron chi connectivity index (χ4n) is 1.63. The molecule has 0 saturated heterocycles. The van der Waals surface area contributed by atoms with Crippen molar-refractivity contribution in [2.75, 3.05) is 27.2 Å². The van der Waals surface area contributed by atoms with E-state index in [2.05, 4.69) is 31.1 Å². The summed E-state index contributed by atoms with van der Waals surface area (Å²) in [6.45, 7) is 7.07. The van der Waals surface area contributed by atoms with Gasteiger partial charge < -0.3 is 15.0 Å². The van der Waals surface area contributed by atoms with E-state index >= 15 is 0 Å². The number of halogens is 1. The molecule has 1 N–H and O–H groups in total. The van der Waals surface area contributed by atoms with Gasteiger partial charge in [-0.25, -0.2) is 0 Å². The van der Waals surface area contributed by atoms with Gasteiger partial charge in [-0.15, -0.1) is 0 Å². The lowest BCUT2D eigenvalue weighted by molar-refractivity contribution is 0.273. The van der Waals surface area contributed by atoms with Gasteiger partial charge in [0, 0.05) is 36.3 Å². The second-order valence-corrected chi connectivity index (χ2v) is 5.08. The van der Waals surface area contributed by atoms with Crippen molar-refractivity contribution in [2.24, 2.45) is 0 Å². The fourth-order valence-corrected chi connectivity index (χ4v) is 1.86. The Morgan fingerprint density at radius 1 is 1.39 bits per heavy atom. The molecule has 0 spiro atoms. The SMILES string of the molecule is COc1cccc(Cl)c1CNCCN(C)C(C)C. The van der Waals surface area contributed by atoms with Gasteiger partial charge in [0.1, 0.15) is 5.75 Å². The number of nitrogens with one attached hydrogen (secondary N) is 1. The first-order valence-corrected chi connectivity index (χ1v) is 6.66. The maximum absolute atomic E-state index is 6.17. The molecule has 4 heteroatoms. The first kappa shape index (κ1) is 15.3. The summed E-state index contributed by atoms with van der Waals surface area (Å²) in [5, 5.41) is 4.15. The summed E-state index contributed by atoms with van der Waals surface area (Å²) in [6.07, 6.45) is 0. The Hall–Kier alpha value is -0.770. The van der Waals surface area contributed by atoms with Crippen molar-refractivity contribution in [3.05, 3.63) is 28.8 Å². The average molecular weight is 271 g/mol. The number of ether oxygens (including phenoxy) is 1. The van der Waals surface area contributed by atoms with E-state index in [1.165, 1.54) is 0 Å². The van der Waals surface area contributed by atoms with Gasteiger partial charge in [0.15, 0.2) is 0 Å². The van der Waals surface area contributed by atoms with E-state index in [1.807, 2.05) is 18.2 Å². The molecule has 0 heterocycles. The highest BCUT2D eigenvalue weighted by Crippen LogP contribution is 2.25. The van der Waals surface area contributed by atoms with Gasteiger partial charge >= 0.3 is 0 Å². The standard InChI is InChI=1S/C14H23ClN2O/c1-11(2)17(3)9-8-16-10-12-13(15)6-5-7-14(12)18-4/h5-7,11,16H,8-10H2,1-4H3. The zero-order valence-electron chi connectivity index (χ0n) is 11.7. The van der Waals surface area contributed by atoms with Crippen molar-refractivity contribution in [2.45, 2.75) is 26.4 Å². The van der Waals surface area contributed by atoms with Crippen molar-refractivity contribution < 1.29 is 4.74 Å². The zero-order chi connectivity index (χ0) is 13.5. The van der Waals surface area contributed by atoms with Crippen LogP contribution in [0.15, 0.2) is 18.2 Å². The lowest BCUT2D eigenvalue weighted by Gasteiger charge is -2.21. The second kappa shape index (κ2) is 7.62. The molecule has 1 aromatic rings. The molecular weight excluding hydrogens is 248 g/mol. The molecule has 0 bridgehead atoms. The summed E-state index contributed by atoms with van der Waals surface area (Å²) in [5.41, 5.74) is 1.02. The van der Waals surface area contributed by atoms with Crippen LogP contribution >= 0.6 is 11.6 Å².